The van der Waals surface area contributed by atoms with E-state index in [0.717, 1.165) is 77.4 Å². The van der Waals surface area contributed by atoms with Crippen molar-refractivity contribution in [3.8, 4) is 0 Å². The Morgan fingerprint density at radius 3 is 1.42 bits per heavy atom. The van der Waals surface area contributed by atoms with Gasteiger partial charge in [-0.1, -0.05) is 75.6 Å². The van der Waals surface area contributed by atoms with Gasteiger partial charge in [-0.3, -0.25) is 4.79 Å². The quantitative estimate of drug-likeness (QED) is 0.213. The monoisotopic (exact) mass is 474 g/mol. The third-order valence-electron chi connectivity index (χ3n) is 8.35. The van der Waals surface area contributed by atoms with Gasteiger partial charge in [0.1, 0.15) is 4.33 Å². The van der Waals surface area contributed by atoms with Crippen LogP contribution in [0.5, 0.6) is 0 Å². The lowest BCUT2D eigenvalue weighted by molar-refractivity contribution is -0.176. The van der Waals surface area contributed by atoms with E-state index in [1.807, 2.05) is 0 Å². The number of Topliss-reactive ketones (excluding diaryl/α,β-unsaturated/α-hetero) is 1. The molecule has 3 aliphatic carbocycles. The standard InChI is InChI=1S/C26H44Cl2O3/c1-3-5-7-9-19-30-21-11-15-24(16-12-21)23(29)25(26(24,27)28)17-13-22(14-18-25)31-20-10-8-6-4-2/h21-22H,3-20H2,1-2H3. The molecule has 2 spiro atoms. The van der Waals surface area contributed by atoms with Crippen LogP contribution in [0.4, 0.5) is 0 Å². The average Bonchev–Trinajstić information content (AvgIpc) is 2.79. The van der Waals surface area contributed by atoms with Gasteiger partial charge in [0.05, 0.1) is 23.0 Å². The number of carbonyl (C=O) groups is 1. The van der Waals surface area contributed by atoms with Crippen LogP contribution in [0.15, 0.2) is 0 Å². The van der Waals surface area contributed by atoms with Crippen LogP contribution >= 0.6 is 23.2 Å². The number of halogens is 2. The highest BCUT2D eigenvalue weighted by Crippen LogP contribution is 2.74. The number of unbranched alkanes of at least 4 members (excludes halogenated alkanes) is 6. The molecule has 31 heavy (non-hydrogen) atoms. The maximum atomic E-state index is 13.6. The van der Waals surface area contributed by atoms with Crippen molar-refractivity contribution in [2.45, 2.75) is 133 Å². The van der Waals surface area contributed by atoms with Crippen LogP contribution in [0.3, 0.4) is 0 Å². The fourth-order valence-electron chi connectivity index (χ4n) is 6.28. The Morgan fingerprint density at radius 1 is 0.710 bits per heavy atom. The largest absolute Gasteiger partial charge is 0.378 e. The smallest absolute Gasteiger partial charge is 0.151 e. The van der Waals surface area contributed by atoms with Crippen LogP contribution in [0.1, 0.15) is 117 Å². The molecule has 0 aromatic heterocycles. The summed E-state index contributed by atoms with van der Waals surface area (Å²) in [5.74, 6) is 0.341. The number of carbonyl (C=O) groups excluding carboxylic acids is 1. The summed E-state index contributed by atoms with van der Waals surface area (Å²) in [6.45, 7) is 6.12. The molecule has 3 fully saturated rings. The molecule has 0 atom stereocenters. The Balaban J connectivity index is 1.44. The van der Waals surface area contributed by atoms with Crippen molar-refractivity contribution in [2.24, 2.45) is 10.8 Å². The third-order valence-corrected chi connectivity index (χ3v) is 9.79. The van der Waals surface area contributed by atoms with Gasteiger partial charge in [0.2, 0.25) is 0 Å². The molecule has 0 radical (unpaired) electrons. The van der Waals surface area contributed by atoms with E-state index in [-0.39, 0.29) is 12.2 Å². The molecule has 3 aliphatic rings. The second-order valence-corrected chi connectivity index (χ2v) is 11.7. The van der Waals surface area contributed by atoms with Crippen molar-refractivity contribution in [1.29, 1.82) is 0 Å². The molecule has 3 rings (SSSR count). The molecule has 0 aromatic rings. The second-order valence-electron chi connectivity index (χ2n) is 10.3. The lowest BCUT2D eigenvalue weighted by Gasteiger charge is -2.66. The van der Waals surface area contributed by atoms with Gasteiger partial charge in [-0.05, 0) is 64.2 Å². The van der Waals surface area contributed by atoms with Crippen molar-refractivity contribution in [2.75, 3.05) is 13.2 Å². The zero-order valence-corrected chi connectivity index (χ0v) is 21.4. The fourth-order valence-corrected chi connectivity index (χ4v) is 7.38. The zero-order chi connectivity index (χ0) is 22.4. The van der Waals surface area contributed by atoms with Gasteiger partial charge >= 0.3 is 0 Å². The Labute approximate surface area is 200 Å². The molecule has 0 N–H and O–H groups in total. The molecule has 0 saturated heterocycles. The lowest BCUT2D eigenvalue weighted by Crippen LogP contribution is -2.74. The van der Waals surface area contributed by atoms with Gasteiger partial charge in [-0.2, -0.15) is 0 Å². The fraction of sp³-hybridized carbons (Fsp3) is 0.962. The molecule has 0 amide bonds. The first kappa shape index (κ1) is 25.8. The van der Waals surface area contributed by atoms with Gasteiger partial charge in [-0.15, -0.1) is 0 Å². The Morgan fingerprint density at radius 2 is 1.10 bits per heavy atom. The van der Waals surface area contributed by atoms with Crippen LogP contribution in [-0.4, -0.2) is 35.5 Å². The zero-order valence-electron chi connectivity index (χ0n) is 19.9. The molecular weight excluding hydrogens is 431 g/mol. The minimum Gasteiger partial charge on any atom is -0.378 e. The molecule has 3 saturated carbocycles. The van der Waals surface area contributed by atoms with E-state index in [2.05, 4.69) is 13.8 Å². The number of rotatable bonds is 12. The summed E-state index contributed by atoms with van der Waals surface area (Å²) in [4.78, 5) is 13.6. The van der Waals surface area contributed by atoms with E-state index in [1.54, 1.807) is 0 Å². The van der Waals surface area contributed by atoms with Crippen LogP contribution in [0.2, 0.25) is 0 Å². The van der Waals surface area contributed by atoms with Gasteiger partial charge < -0.3 is 9.47 Å². The average molecular weight is 476 g/mol. The number of ketones is 1. The third kappa shape index (κ3) is 5.15. The predicted octanol–water partition coefficient (Wildman–Crippen LogP) is 7.79. The predicted molar refractivity (Wildman–Crippen MR) is 129 cm³/mol. The molecule has 0 aliphatic heterocycles. The molecule has 0 aromatic carbocycles. The summed E-state index contributed by atoms with van der Waals surface area (Å²) < 4.78 is 11.3. The summed E-state index contributed by atoms with van der Waals surface area (Å²) in [6, 6.07) is 0. The van der Waals surface area contributed by atoms with Gasteiger partial charge in [0, 0.05) is 13.2 Å². The Bertz CT molecular complexity index is 515. The van der Waals surface area contributed by atoms with Crippen molar-refractivity contribution in [3.05, 3.63) is 0 Å². The number of alkyl halides is 2. The maximum Gasteiger partial charge on any atom is 0.151 e. The Kier molecular flexibility index (Phi) is 9.60. The molecule has 0 bridgehead atoms. The minimum absolute atomic E-state index is 0.262. The van der Waals surface area contributed by atoms with E-state index in [4.69, 9.17) is 32.7 Å². The van der Waals surface area contributed by atoms with Gasteiger partial charge in [0.25, 0.3) is 0 Å². The van der Waals surface area contributed by atoms with Crippen LogP contribution < -0.4 is 0 Å². The minimum atomic E-state index is -0.935. The topological polar surface area (TPSA) is 35.5 Å². The van der Waals surface area contributed by atoms with Gasteiger partial charge in [-0.25, -0.2) is 0 Å². The first-order valence-electron chi connectivity index (χ1n) is 13.1. The van der Waals surface area contributed by atoms with Gasteiger partial charge in [0.15, 0.2) is 5.78 Å². The van der Waals surface area contributed by atoms with E-state index in [0.29, 0.717) is 5.78 Å². The number of hydrogen-bond acceptors (Lipinski definition) is 3. The van der Waals surface area contributed by atoms with Crippen LogP contribution in [0.25, 0.3) is 0 Å². The summed E-state index contributed by atoms with van der Waals surface area (Å²) in [5, 5.41) is 0. The van der Waals surface area contributed by atoms with Crippen molar-refractivity contribution in [1.82, 2.24) is 0 Å². The molecule has 0 unspecified atom stereocenters. The maximum absolute atomic E-state index is 13.6. The van der Waals surface area contributed by atoms with Crippen molar-refractivity contribution in [3.63, 3.8) is 0 Å². The molecule has 0 heterocycles. The summed E-state index contributed by atoms with van der Waals surface area (Å²) in [7, 11) is 0. The van der Waals surface area contributed by atoms with Crippen molar-refractivity contribution < 1.29 is 14.3 Å². The number of ether oxygens (including phenoxy) is 2. The Hall–Kier alpha value is 0.170. The second kappa shape index (κ2) is 11.5. The first-order valence-corrected chi connectivity index (χ1v) is 13.8. The molecule has 3 nitrogen and oxygen atoms in total. The van der Waals surface area contributed by atoms with E-state index < -0.39 is 15.2 Å². The molecule has 5 heteroatoms. The van der Waals surface area contributed by atoms with E-state index in [1.165, 1.54) is 38.5 Å². The summed E-state index contributed by atoms with van der Waals surface area (Å²) in [6.07, 6.45) is 17.0. The van der Waals surface area contributed by atoms with Crippen LogP contribution in [-0.2, 0) is 14.3 Å². The first-order chi connectivity index (χ1) is 14.9. The highest BCUT2D eigenvalue weighted by atomic mass is 35.5. The van der Waals surface area contributed by atoms with Crippen molar-refractivity contribution >= 4 is 29.0 Å². The van der Waals surface area contributed by atoms with E-state index >= 15 is 0 Å². The lowest BCUT2D eigenvalue weighted by atomic mass is 9.43. The summed E-state index contributed by atoms with van der Waals surface area (Å²) >= 11 is 14.1. The normalized spacial score (nSPS) is 34.9. The SMILES string of the molecule is CCCCCCOC1CCC2(CC1)C(=O)C1(CCC(OCCCCCC)CC1)C2(Cl)Cl. The highest BCUT2D eigenvalue weighted by Gasteiger charge is 2.79. The highest BCUT2D eigenvalue weighted by molar-refractivity contribution is 6.55. The van der Waals surface area contributed by atoms with E-state index in [9.17, 15) is 4.79 Å². The molecular formula is C26H44Cl2O3. The van der Waals surface area contributed by atoms with Crippen LogP contribution in [0, 0.1) is 10.8 Å². The number of hydrogen-bond donors (Lipinski definition) is 0. The summed E-state index contributed by atoms with van der Waals surface area (Å²) in [5.41, 5.74) is -1.10. The molecule has 180 valence electrons.